The highest BCUT2D eigenvalue weighted by Gasteiger charge is 2.34. The van der Waals surface area contributed by atoms with Crippen molar-refractivity contribution in [2.75, 3.05) is 4.90 Å². The number of nitrogens with zero attached hydrogens (tertiary/aromatic N) is 3. The van der Waals surface area contributed by atoms with Crippen molar-refractivity contribution in [1.29, 1.82) is 0 Å². The molecule has 0 aliphatic carbocycles. The number of fused-ring (bicyclic) bond motifs is 1. The Morgan fingerprint density at radius 3 is 2.95 bits per heavy atom. The normalized spacial score (nSPS) is 22.6. The van der Waals surface area contributed by atoms with Crippen LogP contribution in [-0.2, 0) is 0 Å². The Morgan fingerprint density at radius 1 is 1.45 bits per heavy atom. The van der Waals surface area contributed by atoms with Crippen LogP contribution in [0.3, 0.4) is 0 Å². The van der Waals surface area contributed by atoms with Crippen molar-refractivity contribution < 1.29 is 9.90 Å². The first kappa shape index (κ1) is 13.0. The molecule has 3 heterocycles. The second-order valence-corrected chi connectivity index (χ2v) is 5.41. The van der Waals surface area contributed by atoms with E-state index in [4.69, 9.17) is 0 Å². The molecule has 1 N–H and O–H groups in total. The van der Waals surface area contributed by atoms with Gasteiger partial charge in [-0.1, -0.05) is 13.0 Å². The van der Waals surface area contributed by atoms with Gasteiger partial charge in [0.1, 0.15) is 5.65 Å². The van der Waals surface area contributed by atoms with Gasteiger partial charge in [-0.2, -0.15) is 0 Å². The number of rotatable bonds is 3. The monoisotopic (exact) mass is 273 g/mol. The van der Waals surface area contributed by atoms with E-state index in [2.05, 4.69) is 23.7 Å². The third kappa shape index (κ3) is 1.85. The molecule has 106 valence electrons. The van der Waals surface area contributed by atoms with E-state index in [1.807, 2.05) is 18.2 Å². The number of hydrogen-bond donors (Lipinski definition) is 1. The lowest BCUT2D eigenvalue weighted by molar-refractivity contribution is 0.0690. The van der Waals surface area contributed by atoms with Crippen LogP contribution >= 0.6 is 0 Å². The van der Waals surface area contributed by atoms with Gasteiger partial charge in [0.15, 0.2) is 11.5 Å². The molecule has 0 saturated carbocycles. The zero-order valence-corrected chi connectivity index (χ0v) is 11.8. The zero-order valence-electron chi connectivity index (χ0n) is 11.8. The van der Waals surface area contributed by atoms with E-state index in [0.717, 1.165) is 19.3 Å². The van der Waals surface area contributed by atoms with Crippen molar-refractivity contribution >= 4 is 17.4 Å². The maximum Gasteiger partial charge on any atom is 0.356 e. The summed E-state index contributed by atoms with van der Waals surface area (Å²) in [5.41, 5.74) is 0.960. The zero-order chi connectivity index (χ0) is 14.3. The summed E-state index contributed by atoms with van der Waals surface area (Å²) in [6.45, 7) is 4.29. The number of aromatic nitrogens is 2. The molecule has 2 aromatic heterocycles. The smallest absolute Gasteiger partial charge is 0.356 e. The molecule has 2 atom stereocenters. The van der Waals surface area contributed by atoms with Gasteiger partial charge in [0.25, 0.3) is 0 Å². The van der Waals surface area contributed by atoms with Crippen molar-refractivity contribution in [2.24, 2.45) is 0 Å². The summed E-state index contributed by atoms with van der Waals surface area (Å²) >= 11 is 0. The van der Waals surface area contributed by atoms with Gasteiger partial charge >= 0.3 is 5.97 Å². The quantitative estimate of drug-likeness (QED) is 0.934. The van der Waals surface area contributed by atoms with Crippen molar-refractivity contribution in [1.82, 2.24) is 9.38 Å². The molecule has 2 aromatic rings. The summed E-state index contributed by atoms with van der Waals surface area (Å²) in [6, 6.07) is 6.27. The topological polar surface area (TPSA) is 57.8 Å². The largest absolute Gasteiger partial charge is 0.476 e. The molecule has 5 heteroatoms. The van der Waals surface area contributed by atoms with Gasteiger partial charge in [-0.25, -0.2) is 9.78 Å². The van der Waals surface area contributed by atoms with Gasteiger partial charge in [-0.05, 0) is 38.3 Å². The third-order valence-electron chi connectivity index (χ3n) is 4.22. The molecule has 0 aromatic carbocycles. The number of carboxylic acids is 1. The predicted molar refractivity (Wildman–Crippen MR) is 77.4 cm³/mol. The van der Waals surface area contributed by atoms with E-state index in [1.54, 1.807) is 10.6 Å². The highest BCUT2D eigenvalue weighted by Crippen LogP contribution is 2.34. The molecule has 0 amide bonds. The van der Waals surface area contributed by atoms with E-state index in [0.29, 0.717) is 23.5 Å². The maximum atomic E-state index is 11.7. The van der Waals surface area contributed by atoms with Crippen LogP contribution in [0, 0.1) is 0 Å². The second kappa shape index (κ2) is 4.81. The van der Waals surface area contributed by atoms with E-state index in [-0.39, 0.29) is 5.69 Å². The van der Waals surface area contributed by atoms with E-state index >= 15 is 0 Å². The second-order valence-electron chi connectivity index (χ2n) is 5.41. The minimum atomic E-state index is -0.923. The molecule has 0 radical (unpaired) electrons. The maximum absolute atomic E-state index is 11.7. The highest BCUT2D eigenvalue weighted by atomic mass is 16.4. The van der Waals surface area contributed by atoms with Gasteiger partial charge in [-0.15, -0.1) is 0 Å². The van der Waals surface area contributed by atoms with Crippen LogP contribution in [0.5, 0.6) is 0 Å². The summed E-state index contributed by atoms with van der Waals surface area (Å²) in [6.07, 6.45) is 4.96. The Bertz CT molecular complexity index is 650. The number of carbonyl (C=O) groups is 1. The number of carboxylic acid groups (broad SMARTS) is 1. The van der Waals surface area contributed by atoms with Crippen molar-refractivity contribution in [3.05, 3.63) is 30.1 Å². The van der Waals surface area contributed by atoms with Crippen LogP contribution in [-0.4, -0.2) is 32.5 Å². The van der Waals surface area contributed by atoms with Crippen LogP contribution < -0.4 is 4.90 Å². The highest BCUT2D eigenvalue weighted by molar-refractivity contribution is 5.93. The molecule has 2 unspecified atom stereocenters. The van der Waals surface area contributed by atoms with E-state index in [9.17, 15) is 9.90 Å². The minimum absolute atomic E-state index is 0.271. The van der Waals surface area contributed by atoms with Gasteiger partial charge < -0.3 is 10.0 Å². The van der Waals surface area contributed by atoms with E-state index in [1.165, 1.54) is 0 Å². The first-order valence-electron chi connectivity index (χ1n) is 7.12. The van der Waals surface area contributed by atoms with Crippen LogP contribution in [0.15, 0.2) is 24.4 Å². The Balaban J connectivity index is 2.20. The number of hydrogen-bond acceptors (Lipinski definition) is 3. The fraction of sp³-hybridized carbons (Fsp3) is 0.467. The van der Waals surface area contributed by atoms with Gasteiger partial charge in [0.2, 0.25) is 0 Å². The van der Waals surface area contributed by atoms with Crippen LogP contribution in [0.1, 0.15) is 43.6 Å². The Labute approximate surface area is 117 Å². The molecule has 20 heavy (non-hydrogen) atoms. The predicted octanol–water partition coefficient (Wildman–Crippen LogP) is 2.80. The lowest BCUT2D eigenvalue weighted by atomic mass is 10.1. The standard InChI is InChI=1S/C15H19N3O2/c1-3-11-8-7-10(2)18(11)14-13(15(19)20)17-9-5-4-6-12(17)16-14/h4-6,9-11H,3,7-8H2,1-2H3,(H,19,20). The van der Waals surface area contributed by atoms with Gasteiger partial charge in [0, 0.05) is 18.3 Å². The SMILES string of the molecule is CCC1CCC(C)N1c1nc2ccccn2c1C(=O)O. The summed E-state index contributed by atoms with van der Waals surface area (Å²) < 4.78 is 1.66. The summed E-state index contributed by atoms with van der Waals surface area (Å²) in [7, 11) is 0. The summed E-state index contributed by atoms with van der Waals surface area (Å²) in [5, 5.41) is 9.57. The molecule has 1 aliphatic rings. The third-order valence-corrected chi connectivity index (χ3v) is 4.22. The Hall–Kier alpha value is -2.04. The average Bonchev–Trinajstić information content (AvgIpc) is 2.98. The molecule has 0 bridgehead atoms. The molecule has 1 saturated heterocycles. The summed E-state index contributed by atoms with van der Waals surface area (Å²) in [5.74, 6) is -0.312. The molecule has 0 spiro atoms. The fourth-order valence-corrected chi connectivity index (χ4v) is 3.22. The van der Waals surface area contributed by atoms with E-state index < -0.39 is 5.97 Å². The fourth-order valence-electron chi connectivity index (χ4n) is 3.22. The number of anilines is 1. The lowest BCUT2D eigenvalue weighted by Gasteiger charge is -2.28. The van der Waals surface area contributed by atoms with Gasteiger partial charge in [0.05, 0.1) is 0 Å². The van der Waals surface area contributed by atoms with Gasteiger partial charge in [-0.3, -0.25) is 4.40 Å². The lowest BCUT2D eigenvalue weighted by Crippen LogP contribution is -2.35. The first-order valence-corrected chi connectivity index (χ1v) is 7.12. The molecule has 3 rings (SSSR count). The average molecular weight is 273 g/mol. The van der Waals surface area contributed by atoms with Crippen LogP contribution in [0.4, 0.5) is 5.82 Å². The van der Waals surface area contributed by atoms with Crippen LogP contribution in [0.25, 0.3) is 5.65 Å². The molecular formula is C15H19N3O2. The first-order chi connectivity index (χ1) is 9.63. The van der Waals surface area contributed by atoms with Crippen molar-refractivity contribution in [3.63, 3.8) is 0 Å². The molecule has 1 aliphatic heterocycles. The number of pyridine rings is 1. The van der Waals surface area contributed by atoms with Crippen LogP contribution in [0.2, 0.25) is 0 Å². The molecule has 5 nitrogen and oxygen atoms in total. The van der Waals surface area contributed by atoms with Crippen molar-refractivity contribution in [2.45, 2.75) is 45.2 Å². The van der Waals surface area contributed by atoms with Crippen molar-refractivity contribution in [3.8, 4) is 0 Å². The Kier molecular flexibility index (Phi) is 3.12. The molecule has 1 fully saturated rings. The number of imidazole rings is 1. The Morgan fingerprint density at radius 2 is 2.25 bits per heavy atom. The number of aromatic carboxylic acids is 1. The minimum Gasteiger partial charge on any atom is -0.476 e. The summed E-state index contributed by atoms with van der Waals surface area (Å²) in [4.78, 5) is 18.4. The molecular weight excluding hydrogens is 254 g/mol.